The van der Waals surface area contributed by atoms with Crippen molar-refractivity contribution in [3.05, 3.63) is 176 Å². The Hall–Kier alpha value is -6.78. The smallest absolute Gasteiger partial charge is 0.146 e. The Balaban J connectivity index is 1.18. The van der Waals surface area contributed by atoms with Gasteiger partial charge in [0.1, 0.15) is 11.5 Å². The molecule has 258 valence electrons. The number of aromatic nitrogens is 4. The molecule has 1 N–H and O–H groups in total. The molecule has 6 aromatic carbocycles. The zero-order valence-electron chi connectivity index (χ0n) is 30.5. The van der Waals surface area contributed by atoms with E-state index in [-0.39, 0.29) is 5.41 Å². The van der Waals surface area contributed by atoms with E-state index >= 15 is 0 Å². The average Bonchev–Trinajstić information content (AvgIpc) is 3.76. The van der Waals surface area contributed by atoms with Crippen molar-refractivity contribution < 1.29 is 0 Å². The summed E-state index contributed by atoms with van der Waals surface area (Å²) >= 11 is 0. The van der Waals surface area contributed by atoms with Crippen molar-refractivity contribution in [2.24, 2.45) is 0 Å². The van der Waals surface area contributed by atoms with Crippen LogP contribution in [-0.4, -0.2) is 19.5 Å². The van der Waals surface area contributed by atoms with Crippen LogP contribution in [0.1, 0.15) is 26.3 Å². The molecule has 0 aliphatic heterocycles. The number of H-pyrrole nitrogens is 1. The van der Waals surface area contributed by atoms with E-state index < -0.39 is 0 Å². The minimum Gasteiger partial charge on any atom is -0.354 e. The lowest BCUT2D eigenvalue weighted by Gasteiger charge is -2.21. The molecule has 0 radical (unpaired) electrons. The molecule has 0 aliphatic rings. The van der Waals surface area contributed by atoms with Gasteiger partial charge >= 0.3 is 0 Å². The Morgan fingerprint density at radius 3 is 1.98 bits per heavy atom. The molecular formula is C50H38N4. The standard InChI is InChI=1S/C50H38N4/c1-50(2,3)38-30-45(52-47(31-38)54-46-22-11-10-20-39(46)40-21-13-25-51-49(40)54)36-19-12-18-35(26-36)41-28-37(33-16-8-5-9-17-33)29-43-42-27-34(32-14-6-4-7-15-32)23-24-44(42)53-48(41)43/h4-31,53H,1-3H3. The number of para-hydroxylation sites is 1. The number of benzene rings is 6. The number of aromatic amines is 1. The Morgan fingerprint density at radius 2 is 1.19 bits per heavy atom. The maximum Gasteiger partial charge on any atom is 0.146 e. The molecule has 0 unspecified atom stereocenters. The lowest BCUT2D eigenvalue weighted by Crippen LogP contribution is -2.13. The average molecular weight is 695 g/mol. The van der Waals surface area contributed by atoms with Gasteiger partial charge < -0.3 is 4.98 Å². The molecule has 10 aromatic rings. The van der Waals surface area contributed by atoms with Gasteiger partial charge in [0.15, 0.2) is 0 Å². The van der Waals surface area contributed by atoms with Crippen LogP contribution in [0.3, 0.4) is 0 Å². The molecule has 0 amide bonds. The van der Waals surface area contributed by atoms with Gasteiger partial charge in [-0.1, -0.05) is 124 Å². The van der Waals surface area contributed by atoms with Crippen LogP contribution in [0.5, 0.6) is 0 Å². The molecule has 0 saturated carbocycles. The van der Waals surface area contributed by atoms with Crippen LogP contribution in [0.15, 0.2) is 170 Å². The summed E-state index contributed by atoms with van der Waals surface area (Å²) in [5.74, 6) is 0.867. The molecule has 10 rings (SSSR count). The number of fused-ring (bicyclic) bond motifs is 6. The predicted molar refractivity (Wildman–Crippen MR) is 226 cm³/mol. The minimum absolute atomic E-state index is 0.102. The third kappa shape index (κ3) is 5.38. The summed E-state index contributed by atoms with van der Waals surface area (Å²) in [5.41, 5.74) is 14.4. The van der Waals surface area contributed by atoms with E-state index in [9.17, 15) is 0 Å². The van der Waals surface area contributed by atoms with Crippen LogP contribution in [0.2, 0.25) is 0 Å². The van der Waals surface area contributed by atoms with Gasteiger partial charge in [-0.15, -0.1) is 0 Å². The second-order valence-electron chi connectivity index (χ2n) is 15.2. The van der Waals surface area contributed by atoms with Gasteiger partial charge in [0.05, 0.1) is 16.7 Å². The maximum absolute atomic E-state index is 5.41. The molecule has 4 heterocycles. The summed E-state index contributed by atoms with van der Waals surface area (Å²) < 4.78 is 2.22. The normalized spacial score (nSPS) is 12.0. The van der Waals surface area contributed by atoms with Crippen LogP contribution in [0.25, 0.3) is 94.2 Å². The molecule has 54 heavy (non-hydrogen) atoms. The highest BCUT2D eigenvalue weighted by molar-refractivity contribution is 6.14. The zero-order valence-corrected chi connectivity index (χ0v) is 30.5. The van der Waals surface area contributed by atoms with E-state index in [4.69, 9.17) is 9.97 Å². The number of nitrogens with zero attached hydrogens (tertiary/aromatic N) is 3. The van der Waals surface area contributed by atoms with Gasteiger partial charge in [-0.3, -0.25) is 4.57 Å². The fourth-order valence-corrected chi connectivity index (χ4v) is 7.92. The van der Waals surface area contributed by atoms with E-state index in [2.05, 4.69) is 188 Å². The highest BCUT2D eigenvalue weighted by Gasteiger charge is 2.21. The fourth-order valence-electron chi connectivity index (χ4n) is 7.92. The summed E-state index contributed by atoms with van der Waals surface area (Å²) in [6.07, 6.45) is 1.87. The highest BCUT2D eigenvalue weighted by Crippen LogP contribution is 2.40. The maximum atomic E-state index is 5.41. The molecule has 4 aromatic heterocycles. The second-order valence-corrected chi connectivity index (χ2v) is 15.2. The largest absolute Gasteiger partial charge is 0.354 e. The van der Waals surface area contributed by atoms with Gasteiger partial charge in [-0.25, -0.2) is 9.97 Å². The lowest BCUT2D eigenvalue weighted by atomic mass is 9.86. The van der Waals surface area contributed by atoms with Gasteiger partial charge in [0.25, 0.3) is 0 Å². The number of hydrogen-bond donors (Lipinski definition) is 1. The number of hydrogen-bond acceptors (Lipinski definition) is 2. The predicted octanol–water partition coefficient (Wildman–Crippen LogP) is 13.2. The van der Waals surface area contributed by atoms with Crippen LogP contribution >= 0.6 is 0 Å². The SMILES string of the molecule is CC(C)(C)c1cc(-c2cccc(-c3cc(-c4ccccc4)cc4c3[nH]c3ccc(-c5ccccc5)cc34)c2)nc(-n2c3ccccc3c3cccnc32)c1. The molecule has 4 nitrogen and oxygen atoms in total. The van der Waals surface area contributed by atoms with E-state index in [1.54, 1.807) is 0 Å². The van der Waals surface area contributed by atoms with Gasteiger partial charge in [0.2, 0.25) is 0 Å². The third-order valence-electron chi connectivity index (χ3n) is 10.7. The first kappa shape index (κ1) is 31.9. The summed E-state index contributed by atoms with van der Waals surface area (Å²) in [6.45, 7) is 6.80. The van der Waals surface area contributed by atoms with E-state index in [1.807, 2.05) is 12.3 Å². The summed E-state index contributed by atoms with van der Waals surface area (Å²) in [7, 11) is 0. The van der Waals surface area contributed by atoms with Crippen molar-refractivity contribution in [3.63, 3.8) is 0 Å². The summed E-state index contributed by atoms with van der Waals surface area (Å²) in [5, 5.41) is 4.71. The van der Waals surface area contributed by atoms with Crippen molar-refractivity contribution in [2.75, 3.05) is 0 Å². The van der Waals surface area contributed by atoms with Crippen molar-refractivity contribution in [1.82, 2.24) is 19.5 Å². The second kappa shape index (κ2) is 12.4. The quantitative estimate of drug-likeness (QED) is 0.195. The highest BCUT2D eigenvalue weighted by atomic mass is 15.1. The van der Waals surface area contributed by atoms with Crippen molar-refractivity contribution in [3.8, 4) is 50.5 Å². The zero-order chi connectivity index (χ0) is 36.4. The van der Waals surface area contributed by atoms with E-state index in [0.717, 1.165) is 55.8 Å². The molecule has 4 heteroatoms. The minimum atomic E-state index is -0.102. The molecule has 0 saturated heterocycles. The van der Waals surface area contributed by atoms with Gasteiger partial charge in [-0.2, -0.15) is 0 Å². The molecule has 0 fully saturated rings. The van der Waals surface area contributed by atoms with Crippen LogP contribution in [0, 0.1) is 0 Å². The van der Waals surface area contributed by atoms with E-state index in [1.165, 1.54) is 44.0 Å². The molecular weight excluding hydrogens is 657 g/mol. The van der Waals surface area contributed by atoms with Crippen molar-refractivity contribution in [2.45, 2.75) is 26.2 Å². The molecule has 0 bridgehead atoms. The lowest BCUT2D eigenvalue weighted by molar-refractivity contribution is 0.589. The number of pyridine rings is 2. The number of nitrogens with one attached hydrogen (secondary N) is 1. The summed E-state index contributed by atoms with van der Waals surface area (Å²) in [4.78, 5) is 14.1. The van der Waals surface area contributed by atoms with E-state index in [0.29, 0.717) is 0 Å². The monoisotopic (exact) mass is 694 g/mol. The first-order valence-corrected chi connectivity index (χ1v) is 18.6. The first-order valence-electron chi connectivity index (χ1n) is 18.6. The third-order valence-corrected chi connectivity index (χ3v) is 10.7. The van der Waals surface area contributed by atoms with Gasteiger partial charge in [0, 0.05) is 44.4 Å². The van der Waals surface area contributed by atoms with Gasteiger partial charge in [-0.05, 0) is 99.5 Å². The Bertz CT molecular complexity index is 2960. The van der Waals surface area contributed by atoms with Crippen molar-refractivity contribution >= 4 is 43.7 Å². The fraction of sp³-hybridized carbons (Fsp3) is 0.0800. The van der Waals surface area contributed by atoms with Crippen LogP contribution < -0.4 is 0 Å². The summed E-state index contributed by atoms with van der Waals surface area (Å²) in [6, 6.07) is 58.8. The Morgan fingerprint density at radius 1 is 0.500 bits per heavy atom. The topological polar surface area (TPSA) is 46.5 Å². The van der Waals surface area contributed by atoms with Crippen LogP contribution in [-0.2, 0) is 5.41 Å². The van der Waals surface area contributed by atoms with Crippen molar-refractivity contribution in [1.29, 1.82) is 0 Å². The molecule has 0 atom stereocenters. The Labute approximate surface area is 314 Å². The Kier molecular flexibility index (Phi) is 7.34. The molecule has 0 spiro atoms. The van der Waals surface area contributed by atoms with Crippen LogP contribution in [0.4, 0.5) is 0 Å². The first-order chi connectivity index (χ1) is 26.4. The molecule has 0 aliphatic carbocycles. The number of rotatable bonds is 5.